The number of benzene rings is 2. The number of ether oxygens (including phenoxy) is 1. The number of carbonyl (C=O) groups is 2. The van der Waals surface area contributed by atoms with Crippen LogP contribution in [0.3, 0.4) is 0 Å². The number of hydrogen-bond donors (Lipinski definition) is 1. The van der Waals surface area contributed by atoms with Crippen molar-refractivity contribution in [3.8, 4) is 0 Å². The van der Waals surface area contributed by atoms with E-state index >= 15 is 0 Å². The van der Waals surface area contributed by atoms with Crippen LogP contribution in [0.2, 0.25) is 0 Å². The van der Waals surface area contributed by atoms with Gasteiger partial charge in [-0.2, -0.15) is 0 Å². The first-order valence-electron chi connectivity index (χ1n) is 8.59. The summed E-state index contributed by atoms with van der Waals surface area (Å²) < 4.78 is 5.78. The zero-order valence-corrected chi connectivity index (χ0v) is 14.8. The van der Waals surface area contributed by atoms with Crippen LogP contribution in [0.5, 0.6) is 0 Å². The van der Waals surface area contributed by atoms with E-state index in [4.69, 9.17) is 4.74 Å². The molecule has 0 fully saturated rings. The summed E-state index contributed by atoms with van der Waals surface area (Å²) in [6.07, 6.45) is 1.14. The minimum Gasteiger partial charge on any atom is -0.374 e. The van der Waals surface area contributed by atoms with Crippen LogP contribution < -0.4 is 5.32 Å². The summed E-state index contributed by atoms with van der Waals surface area (Å²) in [4.78, 5) is 23.2. The minimum atomic E-state index is -0.0216. The number of nitrogens with one attached hydrogen (secondary N) is 1. The highest BCUT2D eigenvalue weighted by atomic mass is 16.5. The van der Waals surface area contributed by atoms with Gasteiger partial charge >= 0.3 is 0 Å². The van der Waals surface area contributed by atoms with E-state index < -0.39 is 0 Å². The van der Waals surface area contributed by atoms with Crippen molar-refractivity contribution in [2.75, 3.05) is 13.2 Å². The van der Waals surface area contributed by atoms with Crippen molar-refractivity contribution >= 4 is 11.7 Å². The van der Waals surface area contributed by atoms with Crippen LogP contribution in [0.1, 0.15) is 47.9 Å². The largest absolute Gasteiger partial charge is 0.374 e. The summed E-state index contributed by atoms with van der Waals surface area (Å²) in [6.45, 7) is 4.75. The first-order valence-corrected chi connectivity index (χ1v) is 8.59. The Morgan fingerprint density at radius 2 is 1.72 bits per heavy atom. The van der Waals surface area contributed by atoms with Crippen LogP contribution in [0.25, 0.3) is 0 Å². The zero-order valence-electron chi connectivity index (χ0n) is 14.8. The lowest BCUT2D eigenvalue weighted by atomic mass is 10.1. The van der Waals surface area contributed by atoms with Crippen molar-refractivity contribution in [3.05, 3.63) is 71.3 Å². The highest BCUT2D eigenvalue weighted by molar-refractivity contribution is 5.94. The van der Waals surface area contributed by atoms with E-state index in [0.29, 0.717) is 25.1 Å². The van der Waals surface area contributed by atoms with Crippen molar-refractivity contribution in [2.45, 2.75) is 32.8 Å². The smallest absolute Gasteiger partial charge is 0.224 e. The molecule has 2 aromatic rings. The van der Waals surface area contributed by atoms with Gasteiger partial charge in [-0.3, -0.25) is 9.59 Å². The molecule has 0 bridgehead atoms. The molecule has 0 saturated heterocycles. The quantitative estimate of drug-likeness (QED) is 0.560. The predicted molar refractivity (Wildman–Crippen MR) is 98.6 cm³/mol. The van der Waals surface area contributed by atoms with E-state index in [1.54, 1.807) is 12.1 Å². The fourth-order valence-corrected chi connectivity index (χ4v) is 2.49. The Morgan fingerprint density at radius 3 is 2.36 bits per heavy atom. The summed E-state index contributed by atoms with van der Waals surface area (Å²) in [5.41, 5.74) is 2.71. The fourth-order valence-electron chi connectivity index (χ4n) is 2.49. The number of rotatable bonds is 9. The molecule has 2 aromatic carbocycles. The van der Waals surface area contributed by atoms with E-state index in [-0.39, 0.29) is 17.8 Å². The minimum absolute atomic E-state index is 0.0216. The van der Waals surface area contributed by atoms with Crippen molar-refractivity contribution in [1.82, 2.24) is 5.32 Å². The Kier molecular flexibility index (Phi) is 7.36. The average molecular weight is 339 g/mol. The molecule has 0 radical (unpaired) electrons. The highest BCUT2D eigenvalue weighted by Crippen LogP contribution is 2.15. The number of ketones is 1. The summed E-state index contributed by atoms with van der Waals surface area (Å²) >= 11 is 0. The van der Waals surface area contributed by atoms with Gasteiger partial charge in [0.1, 0.15) is 0 Å². The van der Waals surface area contributed by atoms with Crippen molar-refractivity contribution < 1.29 is 14.3 Å². The molecule has 0 aliphatic carbocycles. The van der Waals surface area contributed by atoms with E-state index in [1.165, 1.54) is 6.92 Å². The summed E-state index contributed by atoms with van der Waals surface area (Å²) in [5, 5.41) is 2.90. The molecule has 132 valence electrons. The maximum absolute atomic E-state index is 11.9. The molecule has 4 nitrogen and oxygen atoms in total. The van der Waals surface area contributed by atoms with Gasteiger partial charge < -0.3 is 10.1 Å². The van der Waals surface area contributed by atoms with E-state index in [0.717, 1.165) is 17.5 Å². The monoisotopic (exact) mass is 339 g/mol. The van der Waals surface area contributed by atoms with Crippen molar-refractivity contribution in [2.24, 2.45) is 0 Å². The summed E-state index contributed by atoms with van der Waals surface area (Å²) in [5.74, 6) is 0.00687. The second kappa shape index (κ2) is 9.74. The Bertz CT molecular complexity index is 680. The molecular formula is C21H25NO3. The van der Waals surface area contributed by atoms with Gasteiger partial charge in [0, 0.05) is 18.7 Å². The first kappa shape index (κ1) is 18.9. The lowest BCUT2D eigenvalue weighted by molar-refractivity contribution is -0.120. The maximum Gasteiger partial charge on any atom is 0.224 e. The molecule has 1 amide bonds. The molecule has 0 aromatic heterocycles. The van der Waals surface area contributed by atoms with Crippen molar-refractivity contribution in [1.29, 1.82) is 0 Å². The number of Topliss-reactive ketones (excluding diaryl/α,β-unsaturated/α-hetero) is 1. The standard InChI is InChI=1S/C21H25NO3/c1-16(23)19-11-9-18(10-12-19)15-21(24)22-13-6-14-25-17(2)20-7-4-3-5-8-20/h3-5,7-12,17H,6,13-15H2,1-2H3,(H,22,24)/t17-/m0/s1. The molecule has 25 heavy (non-hydrogen) atoms. The molecule has 0 aliphatic heterocycles. The Labute approximate surface area is 149 Å². The Hall–Kier alpha value is -2.46. The van der Waals surface area contributed by atoms with Crippen LogP contribution in [0.4, 0.5) is 0 Å². The normalized spacial score (nSPS) is 11.8. The second-order valence-electron chi connectivity index (χ2n) is 6.06. The van der Waals surface area contributed by atoms with Gasteiger partial charge in [0.25, 0.3) is 0 Å². The molecule has 4 heteroatoms. The van der Waals surface area contributed by atoms with E-state index in [1.807, 2.05) is 49.4 Å². The van der Waals surface area contributed by atoms with Crippen molar-refractivity contribution in [3.63, 3.8) is 0 Å². The maximum atomic E-state index is 11.9. The topological polar surface area (TPSA) is 55.4 Å². The molecule has 0 saturated carbocycles. The molecule has 1 atom stereocenters. The molecule has 2 rings (SSSR count). The van der Waals surface area contributed by atoms with Crippen LogP contribution in [0.15, 0.2) is 54.6 Å². The summed E-state index contributed by atoms with van der Waals surface area (Å²) in [6, 6.07) is 17.2. The fraction of sp³-hybridized carbons (Fsp3) is 0.333. The third-order valence-electron chi connectivity index (χ3n) is 4.01. The van der Waals surface area contributed by atoms with Gasteiger partial charge in [-0.15, -0.1) is 0 Å². The van der Waals surface area contributed by atoms with E-state index in [9.17, 15) is 9.59 Å². The molecule has 0 spiro atoms. The first-order chi connectivity index (χ1) is 12.1. The van der Waals surface area contributed by atoms with Gasteiger partial charge in [0.05, 0.1) is 12.5 Å². The Morgan fingerprint density at radius 1 is 1.04 bits per heavy atom. The SMILES string of the molecule is CC(=O)c1ccc(CC(=O)NCCCO[C@@H](C)c2ccccc2)cc1. The molecule has 1 N–H and O–H groups in total. The second-order valence-corrected chi connectivity index (χ2v) is 6.06. The number of amides is 1. The lowest BCUT2D eigenvalue weighted by Gasteiger charge is -2.13. The number of hydrogen-bond acceptors (Lipinski definition) is 3. The van der Waals surface area contributed by atoms with Crippen LogP contribution in [0, 0.1) is 0 Å². The van der Waals surface area contributed by atoms with Crippen LogP contribution in [-0.4, -0.2) is 24.8 Å². The zero-order chi connectivity index (χ0) is 18.1. The van der Waals surface area contributed by atoms with E-state index in [2.05, 4.69) is 5.32 Å². The third kappa shape index (κ3) is 6.51. The molecule has 0 heterocycles. The number of carbonyl (C=O) groups excluding carboxylic acids is 2. The lowest BCUT2D eigenvalue weighted by Crippen LogP contribution is -2.26. The predicted octanol–water partition coefficient (Wildman–Crippen LogP) is 3.72. The van der Waals surface area contributed by atoms with Gasteiger partial charge in [0.15, 0.2) is 5.78 Å². The van der Waals surface area contributed by atoms with Crippen LogP contribution in [-0.2, 0) is 16.0 Å². The van der Waals surface area contributed by atoms with Gasteiger partial charge in [0.2, 0.25) is 5.91 Å². The third-order valence-corrected chi connectivity index (χ3v) is 4.01. The highest BCUT2D eigenvalue weighted by Gasteiger charge is 2.06. The summed E-state index contributed by atoms with van der Waals surface area (Å²) in [7, 11) is 0. The molecule has 0 unspecified atom stereocenters. The molecular weight excluding hydrogens is 314 g/mol. The van der Waals surface area contributed by atoms with Crippen LogP contribution >= 0.6 is 0 Å². The van der Waals surface area contributed by atoms with Gasteiger partial charge in [-0.05, 0) is 31.4 Å². The Balaban J connectivity index is 1.63. The molecule has 0 aliphatic rings. The van der Waals surface area contributed by atoms with Gasteiger partial charge in [-0.25, -0.2) is 0 Å². The van der Waals surface area contributed by atoms with Gasteiger partial charge in [-0.1, -0.05) is 54.6 Å². The average Bonchev–Trinajstić information content (AvgIpc) is 2.62.